The second-order valence-electron chi connectivity index (χ2n) is 6.57. The number of aromatic nitrogens is 3. The van der Waals surface area contributed by atoms with E-state index < -0.39 is 17.3 Å². The number of aryl methyl sites for hydroxylation is 1. The van der Waals surface area contributed by atoms with Crippen molar-refractivity contribution in [2.75, 3.05) is 12.4 Å². The zero-order valence-electron chi connectivity index (χ0n) is 15.1. The van der Waals surface area contributed by atoms with Crippen molar-refractivity contribution < 1.29 is 14.3 Å². The van der Waals surface area contributed by atoms with Crippen molar-refractivity contribution in [3.05, 3.63) is 45.8 Å². The van der Waals surface area contributed by atoms with Gasteiger partial charge in [0.05, 0.1) is 13.3 Å². The maximum Gasteiger partial charge on any atom is 0.343 e. The van der Waals surface area contributed by atoms with Crippen LogP contribution in [0.3, 0.4) is 0 Å². The quantitative estimate of drug-likeness (QED) is 0.844. The van der Waals surface area contributed by atoms with E-state index in [9.17, 15) is 14.4 Å². The van der Waals surface area contributed by atoms with Crippen LogP contribution in [0.25, 0.3) is 0 Å². The highest BCUT2D eigenvalue weighted by atomic mass is 16.5. The molecule has 0 radical (unpaired) electrons. The fourth-order valence-electron chi connectivity index (χ4n) is 3.01. The minimum absolute atomic E-state index is 0.0340. The molecule has 1 amide bonds. The van der Waals surface area contributed by atoms with Crippen molar-refractivity contribution in [3.8, 4) is 0 Å². The number of nitrogens with one attached hydrogen (secondary N) is 1. The Bertz CT molecular complexity index is 910. The zero-order valence-corrected chi connectivity index (χ0v) is 15.1. The predicted molar refractivity (Wildman–Crippen MR) is 95.5 cm³/mol. The molecule has 1 N–H and O–H groups in total. The number of pyridine rings is 1. The van der Waals surface area contributed by atoms with Crippen LogP contribution in [0.2, 0.25) is 0 Å². The monoisotopic (exact) mass is 358 g/mol. The maximum absolute atomic E-state index is 12.7. The van der Waals surface area contributed by atoms with E-state index in [1.807, 2.05) is 18.4 Å². The average Bonchev–Trinajstić information content (AvgIpc) is 3.04. The number of nitrogens with zero attached hydrogens (tertiary/aromatic N) is 3. The van der Waals surface area contributed by atoms with Crippen LogP contribution in [0.5, 0.6) is 0 Å². The molecule has 0 aliphatic carbocycles. The van der Waals surface area contributed by atoms with Gasteiger partial charge in [0.25, 0.3) is 5.91 Å². The number of methoxy groups -OCH3 is 1. The standard InChI is InChI=1S/C18H22N4O4/c1-11(2)21-9-12(16(23)13(10-21)18(25)26-3)17(24)20-15-8-19-14-6-4-5-7-22(14)15/h8-11H,4-7H2,1-3H3,(H,20,24). The van der Waals surface area contributed by atoms with Gasteiger partial charge in [0.2, 0.25) is 5.43 Å². The number of fused-ring (bicyclic) bond motifs is 1. The molecule has 0 saturated carbocycles. The molecule has 3 heterocycles. The second kappa shape index (κ2) is 7.15. The molecule has 3 rings (SSSR count). The number of ether oxygens (including phenoxy) is 1. The van der Waals surface area contributed by atoms with Crippen molar-refractivity contribution in [2.24, 2.45) is 0 Å². The summed E-state index contributed by atoms with van der Waals surface area (Å²) in [6.45, 7) is 4.56. The van der Waals surface area contributed by atoms with Crippen LogP contribution in [0.1, 0.15) is 59.3 Å². The minimum Gasteiger partial charge on any atom is -0.465 e. The first-order chi connectivity index (χ1) is 12.4. The molecule has 2 aromatic heterocycles. The van der Waals surface area contributed by atoms with E-state index in [0.29, 0.717) is 5.82 Å². The topological polar surface area (TPSA) is 95.2 Å². The number of carbonyl (C=O) groups excluding carboxylic acids is 2. The van der Waals surface area contributed by atoms with Gasteiger partial charge < -0.3 is 19.2 Å². The van der Waals surface area contributed by atoms with E-state index in [1.54, 1.807) is 10.8 Å². The summed E-state index contributed by atoms with van der Waals surface area (Å²) in [5.41, 5.74) is -0.915. The summed E-state index contributed by atoms with van der Waals surface area (Å²) in [5.74, 6) is 0.155. The Balaban J connectivity index is 1.98. The van der Waals surface area contributed by atoms with E-state index in [-0.39, 0.29) is 17.2 Å². The highest BCUT2D eigenvalue weighted by Crippen LogP contribution is 2.20. The third-order valence-corrected chi connectivity index (χ3v) is 4.50. The Morgan fingerprint density at radius 3 is 2.65 bits per heavy atom. The lowest BCUT2D eigenvalue weighted by atomic mass is 10.1. The average molecular weight is 358 g/mol. The molecule has 26 heavy (non-hydrogen) atoms. The molecule has 1 aliphatic rings. The number of carbonyl (C=O) groups is 2. The third kappa shape index (κ3) is 3.26. The lowest BCUT2D eigenvalue weighted by Gasteiger charge is -2.17. The lowest BCUT2D eigenvalue weighted by molar-refractivity contribution is 0.0598. The van der Waals surface area contributed by atoms with Crippen molar-refractivity contribution >= 4 is 17.7 Å². The first kappa shape index (κ1) is 17.9. The predicted octanol–water partition coefficient (Wildman–Crippen LogP) is 2.00. The number of imidazole rings is 1. The number of anilines is 1. The normalized spacial score (nSPS) is 13.4. The molecule has 1 aliphatic heterocycles. The van der Waals surface area contributed by atoms with E-state index in [4.69, 9.17) is 0 Å². The molecule has 0 spiro atoms. The van der Waals surface area contributed by atoms with E-state index in [2.05, 4.69) is 15.0 Å². The van der Waals surface area contributed by atoms with Crippen LogP contribution in [0.4, 0.5) is 5.82 Å². The van der Waals surface area contributed by atoms with Gasteiger partial charge in [0.15, 0.2) is 0 Å². The van der Waals surface area contributed by atoms with Gasteiger partial charge >= 0.3 is 5.97 Å². The van der Waals surface area contributed by atoms with Crippen LogP contribution in [-0.4, -0.2) is 33.1 Å². The van der Waals surface area contributed by atoms with Crippen LogP contribution in [-0.2, 0) is 17.7 Å². The van der Waals surface area contributed by atoms with Gasteiger partial charge in [-0.2, -0.15) is 0 Å². The number of hydrogen-bond donors (Lipinski definition) is 1. The Labute approximate surface area is 150 Å². The summed E-state index contributed by atoms with van der Waals surface area (Å²) in [6, 6.07) is -0.0340. The molecule has 0 fully saturated rings. The van der Waals surface area contributed by atoms with Gasteiger partial charge in [0, 0.05) is 31.4 Å². The summed E-state index contributed by atoms with van der Waals surface area (Å²) in [7, 11) is 1.20. The molecule has 0 unspecified atom stereocenters. The van der Waals surface area contributed by atoms with Gasteiger partial charge in [-0.3, -0.25) is 9.59 Å². The summed E-state index contributed by atoms with van der Waals surface area (Å²) in [6.07, 6.45) is 7.44. The molecular formula is C18H22N4O4. The summed E-state index contributed by atoms with van der Waals surface area (Å²) >= 11 is 0. The van der Waals surface area contributed by atoms with Gasteiger partial charge in [-0.05, 0) is 26.7 Å². The molecule has 8 heteroatoms. The molecule has 138 valence electrons. The third-order valence-electron chi connectivity index (χ3n) is 4.50. The Morgan fingerprint density at radius 2 is 1.96 bits per heavy atom. The molecule has 0 aromatic carbocycles. The van der Waals surface area contributed by atoms with Crippen LogP contribution < -0.4 is 10.7 Å². The van der Waals surface area contributed by atoms with Gasteiger partial charge in [0.1, 0.15) is 22.8 Å². The fourth-order valence-corrected chi connectivity index (χ4v) is 3.01. The summed E-state index contributed by atoms with van der Waals surface area (Å²) < 4.78 is 8.27. The maximum atomic E-state index is 12.7. The molecule has 2 aromatic rings. The first-order valence-corrected chi connectivity index (χ1v) is 8.62. The van der Waals surface area contributed by atoms with Gasteiger partial charge in [-0.25, -0.2) is 9.78 Å². The number of hydrogen-bond acceptors (Lipinski definition) is 5. The van der Waals surface area contributed by atoms with Crippen LogP contribution >= 0.6 is 0 Å². The molecule has 0 saturated heterocycles. The highest BCUT2D eigenvalue weighted by Gasteiger charge is 2.22. The molecule has 0 atom stereocenters. The number of rotatable bonds is 4. The van der Waals surface area contributed by atoms with Crippen LogP contribution in [0, 0.1) is 0 Å². The van der Waals surface area contributed by atoms with Crippen molar-refractivity contribution in [1.29, 1.82) is 0 Å². The zero-order chi connectivity index (χ0) is 18.8. The Morgan fingerprint density at radius 1 is 1.23 bits per heavy atom. The smallest absolute Gasteiger partial charge is 0.343 e. The molecule has 8 nitrogen and oxygen atoms in total. The Kier molecular flexibility index (Phi) is 4.92. The second-order valence-corrected chi connectivity index (χ2v) is 6.57. The molecular weight excluding hydrogens is 336 g/mol. The van der Waals surface area contributed by atoms with Crippen molar-refractivity contribution in [2.45, 2.75) is 45.7 Å². The van der Waals surface area contributed by atoms with Gasteiger partial charge in [-0.15, -0.1) is 0 Å². The van der Waals surface area contributed by atoms with Gasteiger partial charge in [-0.1, -0.05) is 0 Å². The van der Waals surface area contributed by atoms with E-state index in [1.165, 1.54) is 19.5 Å². The fraction of sp³-hybridized carbons (Fsp3) is 0.444. The summed E-state index contributed by atoms with van der Waals surface area (Å²) in [5, 5.41) is 2.75. The lowest BCUT2D eigenvalue weighted by Crippen LogP contribution is -2.29. The SMILES string of the molecule is COC(=O)c1cn(C(C)C)cc(C(=O)Nc2cnc3n2CCCC3)c1=O. The number of amides is 1. The van der Waals surface area contributed by atoms with Crippen molar-refractivity contribution in [1.82, 2.24) is 14.1 Å². The van der Waals surface area contributed by atoms with Crippen molar-refractivity contribution in [3.63, 3.8) is 0 Å². The largest absolute Gasteiger partial charge is 0.465 e. The minimum atomic E-state index is -0.763. The highest BCUT2D eigenvalue weighted by molar-refractivity contribution is 6.04. The Hall–Kier alpha value is -2.90. The number of esters is 1. The van der Waals surface area contributed by atoms with Crippen LogP contribution in [0.15, 0.2) is 23.4 Å². The molecule has 0 bridgehead atoms. The van der Waals surface area contributed by atoms with E-state index >= 15 is 0 Å². The first-order valence-electron chi connectivity index (χ1n) is 8.62. The van der Waals surface area contributed by atoms with E-state index in [0.717, 1.165) is 31.6 Å². The summed E-state index contributed by atoms with van der Waals surface area (Å²) in [4.78, 5) is 41.6.